The number of nitrogens with zero attached hydrogens (tertiary/aromatic N) is 1. The van der Waals surface area contributed by atoms with Crippen molar-refractivity contribution in [1.29, 1.82) is 0 Å². The molecule has 3 saturated carbocycles. The molecule has 6 nitrogen and oxygen atoms in total. The lowest BCUT2D eigenvalue weighted by Crippen LogP contribution is -2.56. The van der Waals surface area contributed by atoms with Crippen LogP contribution >= 0.6 is 0 Å². The smallest absolute Gasteiger partial charge is 0.317 e. The second kappa shape index (κ2) is 7.67. The molecule has 0 aromatic carbocycles. The van der Waals surface area contributed by atoms with E-state index in [1.165, 1.54) is 0 Å². The van der Waals surface area contributed by atoms with Crippen LogP contribution < -0.4 is 4.72 Å². The van der Waals surface area contributed by atoms with Crippen LogP contribution in [0.4, 0.5) is 8.78 Å². The van der Waals surface area contributed by atoms with Crippen LogP contribution in [0.3, 0.4) is 0 Å². The van der Waals surface area contributed by atoms with Crippen LogP contribution in [0.1, 0.15) is 51.4 Å². The van der Waals surface area contributed by atoms with Gasteiger partial charge < -0.3 is 5.11 Å². The molecule has 3 rings (SSSR count). The number of hydrogen-bond donors (Lipinski definition) is 2. The molecule has 1 atom stereocenters. The third-order valence-corrected chi connectivity index (χ3v) is 7.37. The van der Waals surface area contributed by atoms with Gasteiger partial charge in [0, 0.05) is 31.0 Å². The molecule has 0 aromatic heterocycles. The van der Waals surface area contributed by atoms with Gasteiger partial charge in [0.25, 0.3) is 5.92 Å². The standard InChI is InChI=1S/C17H28F2N2O4S/c18-17(19)6-2-1-3-13(17)11-26(24,25)20-14-7-15(8-14)21(10-16(22)23)9-12-4-5-12/h12-15,20H,1-11H2,(H,22,23). The molecule has 9 heteroatoms. The minimum atomic E-state index is -3.76. The zero-order chi connectivity index (χ0) is 18.9. The Labute approximate surface area is 153 Å². The van der Waals surface area contributed by atoms with Crippen molar-refractivity contribution in [2.75, 3.05) is 18.8 Å². The van der Waals surface area contributed by atoms with E-state index in [9.17, 15) is 22.0 Å². The van der Waals surface area contributed by atoms with Crippen molar-refractivity contribution >= 4 is 16.0 Å². The minimum Gasteiger partial charge on any atom is -0.480 e. The third kappa shape index (κ3) is 5.36. The number of carboxylic acids is 1. The summed E-state index contributed by atoms with van der Waals surface area (Å²) in [5.41, 5.74) is 0. The van der Waals surface area contributed by atoms with E-state index in [1.54, 1.807) is 0 Å². The molecule has 0 heterocycles. The van der Waals surface area contributed by atoms with E-state index in [-0.39, 0.29) is 31.5 Å². The molecule has 3 fully saturated rings. The number of sulfonamides is 1. The van der Waals surface area contributed by atoms with Gasteiger partial charge >= 0.3 is 5.97 Å². The maximum atomic E-state index is 13.9. The van der Waals surface area contributed by atoms with Gasteiger partial charge in [0.15, 0.2) is 0 Å². The Morgan fingerprint density at radius 3 is 2.46 bits per heavy atom. The highest BCUT2D eigenvalue weighted by Gasteiger charge is 2.45. The topological polar surface area (TPSA) is 86.7 Å². The second-order valence-corrected chi connectivity index (χ2v) is 9.99. The Balaban J connectivity index is 1.48. The van der Waals surface area contributed by atoms with Crippen molar-refractivity contribution in [3.8, 4) is 0 Å². The number of halogens is 2. The van der Waals surface area contributed by atoms with Crippen molar-refractivity contribution in [2.45, 2.75) is 69.4 Å². The quantitative estimate of drug-likeness (QED) is 0.625. The molecule has 26 heavy (non-hydrogen) atoms. The van der Waals surface area contributed by atoms with Crippen molar-refractivity contribution in [3.05, 3.63) is 0 Å². The van der Waals surface area contributed by atoms with E-state index in [2.05, 4.69) is 4.72 Å². The minimum absolute atomic E-state index is 0.0328. The molecule has 0 aliphatic heterocycles. The lowest BCUT2D eigenvalue weighted by molar-refractivity contribution is -0.139. The van der Waals surface area contributed by atoms with Crippen molar-refractivity contribution in [3.63, 3.8) is 0 Å². The molecule has 3 aliphatic carbocycles. The zero-order valence-corrected chi connectivity index (χ0v) is 15.7. The number of nitrogens with one attached hydrogen (secondary N) is 1. The van der Waals surface area contributed by atoms with E-state index in [4.69, 9.17) is 5.11 Å². The van der Waals surface area contributed by atoms with E-state index >= 15 is 0 Å². The molecular formula is C17H28F2N2O4S. The Bertz CT molecular complexity index is 618. The highest BCUT2D eigenvalue weighted by Crippen LogP contribution is 2.39. The SMILES string of the molecule is O=C(O)CN(CC1CC1)C1CC(NS(=O)(=O)CC2CCCCC2(F)F)C1. The summed E-state index contributed by atoms with van der Waals surface area (Å²) < 4.78 is 54.9. The van der Waals surface area contributed by atoms with Gasteiger partial charge in [-0.3, -0.25) is 9.69 Å². The van der Waals surface area contributed by atoms with E-state index in [1.807, 2.05) is 4.90 Å². The summed E-state index contributed by atoms with van der Waals surface area (Å²) in [5.74, 6) is -4.87. The summed E-state index contributed by atoms with van der Waals surface area (Å²) in [4.78, 5) is 12.9. The molecule has 0 aromatic rings. The first-order valence-corrected chi connectivity index (χ1v) is 11.1. The maximum absolute atomic E-state index is 13.9. The van der Waals surface area contributed by atoms with Gasteiger partial charge in [0.1, 0.15) is 0 Å². The van der Waals surface area contributed by atoms with Crippen LogP contribution in [-0.4, -0.2) is 61.2 Å². The summed E-state index contributed by atoms with van der Waals surface area (Å²) in [6, 6.07) is -0.228. The lowest BCUT2D eigenvalue weighted by Gasteiger charge is -2.42. The Morgan fingerprint density at radius 2 is 1.88 bits per heavy atom. The molecule has 0 bridgehead atoms. The number of hydrogen-bond acceptors (Lipinski definition) is 4. The van der Waals surface area contributed by atoms with Gasteiger partial charge in [0.2, 0.25) is 10.0 Å². The summed E-state index contributed by atoms with van der Waals surface area (Å²) in [7, 11) is -3.76. The first-order chi connectivity index (χ1) is 12.1. The van der Waals surface area contributed by atoms with E-state index in [0.717, 1.165) is 19.4 Å². The van der Waals surface area contributed by atoms with Crippen LogP contribution in [0, 0.1) is 11.8 Å². The maximum Gasteiger partial charge on any atom is 0.317 e. The van der Waals surface area contributed by atoms with Crippen LogP contribution in [-0.2, 0) is 14.8 Å². The highest BCUT2D eigenvalue weighted by molar-refractivity contribution is 7.89. The van der Waals surface area contributed by atoms with Gasteiger partial charge in [-0.1, -0.05) is 6.42 Å². The van der Waals surface area contributed by atoms with Crippen LogP contribution in [0.25, 0.3) is 0 Å². The van der Waals surface area contributed by atoms with Crippen molar-refractivity contribution < 1.29 is 27.1 Å². The van der Waals surface area contributed by atoms with Gasteiger partial charge in [-0.05, 0) is 44.4 Å². The number of carbonyl (C=O) groups is 1. The second-order valence-electron chi connectivity index (χ2n) is 8.19. The Morgan fingerprint density at radius 1 is 1.19 bits per heavy atom. The van der Waals surface area contributed by atoms with Gasteiger partial charge in [-0.25, -0.2) is 21.9 Å². The first-order valence-electron chi connectivity index (χ1n) is 9.48. The fourth-order valence-electron chi connectivity index (χ4n) is 4.07. The fourth-order valence-corrected chi connectivity index (χ4v) is 5.81. The number of aliphatic carboxylic acids is 1. The predicted octanol–water partition coefficient (Wildman–Crippen LogP) is 2.06. The monoisotopic (exact) mass is 394 g/mol. The van der Waals surface area contributed by atoms with Crippen LogP contribution in [0.2, 0.25) is 0 Å². The molecule has 0 amide bonds. The van der Waals surface area contributed by atoms with Gasteiger partial charge in [-0.15, -0.1) is 0 Å². The van der Waals surface area contributed by atoms with E-state index < -0.39 is 33.6 Å². The summed E-state index contributed by atoms with van der Waals surface area (Å²) in [6.45, 7) is 0.708. The number of alkyl halides is 2. The van der Waals surface area contributed by atoms with Crippen molar-refractivity contribution in [1.82, 2.24) is 9.62 Å². The molecule has 150 valence electrons. The summed E-state index contributed by atoms with van der Waals surface area (Å²) >= 11 is 0. The van der Waals surface area contributed by atoms with Crippen LogP contribution in [0.15, 0.2) is 0 Å². The molecule has 2 N–H and O–H groups in total. The number of carboxylic acid groups (broad SMARTS) is 1. The average molecular weight is 394 g/mol. The Hall–Kier alpha value is -0.800. The molecule has 1 unspecified atom stereocenters. The largest absolute Gasteiger partial charge is 0.480 e. The third-order valence-electron chi connectivity index (χ3n) is 5.83. The van der Waals surface area contributed by atoms with Crippen LogP contribution in [0.5, 0.6) is 0 Å². The number of rotatable bonds is 9. The first kappa shape index (κ1) is 19.9. The van der Waals surface area contributed by atoms with Gasteiger partial charge in [0.05, 0.1) is 12.3 Å². The van der Waals surface area contributed by atoms with Gasteiger partial charge in [-0.2, -0.15) is 0 Å². The molecular weight excluding hydrogens is 366 g/mol. The molecule has 0 radical (unpaired) electrons. The lowest BCUT2D eigenvalue weighted by atomic mass is 9.86. The molecule has 0 spiro atoms. The average Bonchev–Trinajstić information content (AvgIpc) is 3.27. The molecule has 3 aliphatic rings. The predicted molar refractivity (Wildman–Crippen MR) is 92.6 cm³/mol. The normalized spacial score (nSPS) is 31.6. The molecule has 0 saturated heterocycles. The Kier molecular flexibility index (Phi) is 5.89. The summed E-state index contributed by atoms with van der Waals surface area (Å²) in [6.07, 6.45) is 4.43. The van der Waals surface area contributed by atoms with Crippen molar-refractivity contribution in [2.24, 2.45) is 11.8 Å². The van der Waals surface area contributed by atoms with E-state index in [0.29, 0.717) is 31.6 Å². The highest BCUT2D eigenvalue weighted by atomic mass is 32.2. The zero-order valence-electron chi connectivity index (χ0n) is 14.9. The summed E-state index contributed by atoms with van der Waals surface area (Å²) in [5, 5.41) is 9.05. The fraction of sp³-hybridized carbons (Fsp3) is 0.941.